The molecule has 7 nitrogen and oxygen atoms in total. The van der Waals surface area contributed by atoms with Crippen molar-refractivity contribution in [3.8, 4) is 11.5 Å². The highest BCUT2D eigenvalue weighted by Crippen LogP contribution is 2.33. The number of amides is 1. The molecular weight excluding hydrogens is 464 g/mol. The van der Waals surface area contributed by atoms with E-state index in [1.807, 2.05) is 26.0 Å². The number of carbonyl (C=O) groups is 1. The maximum atomic E-state index is 13.4. The fraction of sp³-hybridized carbons (Fsp3) is 0.519. The van der Waals surface area contributed by atoms with Gasteiger partial charge in [-0.25, -0.2) is 13.1 Å². The number of benzene rings is 2. The van der Waals surface area contributed by atoms with Gasteiger partial charge in [0.25, 0.3) is 5.91 Å². The lowest BCUT2D eigenvalue weighted by Crippen LogP contribution is -2.32. The molecule has 1 atom stereocenters. The topological polar surface area (TPSA) is 84.9 Å². The van der Waals surface area contributed by atoms with Crippen molar-refractivity contribution in [2.24, 2.45) is 0 Å². The highest BCUT2D eigenvalue weighted by atomic mass is 32.2. The molecule has 35 heavy (non-hydrogen) atoms. The molecule has 1 N–H and O–H groups in total. The van der Waals surface area contributed by atoms with E-state index in [9.17, 15) is 13.2 Å². The molecule has 1 heterocycles. The van der Waals surface area contributed by atoms with Gasteiger partial charge in [0.05, 0.1) is 24.7 Å². The summed E-state index contributed by atoms with van der Waals surface area (Å²) in [5, 5.41) is 0. The lowest BCUT2D eigenvalue weighted by Gasteiger charge is -2.23. The summed E-state index contributed by atoms with van der Waals surface area (Å²) >= 11 is 0. The van der Waals surface area contributed by atoms with Gasteiger partial charge in [-0.05, 0) is 79.6 Å². The first-order valence-corrected chi connectivity index (χ1v) is 13.8. The van der Waals surface area contributed by atoms with Crippen molar-refractivity contribution in [2.75, 3.05) is 27.3 Å². The normalized spacial score (nSPS) is 15.6. The van der Waals surface area contributed by atoms with Gasteiger partial charge in [-0.2, -0.15) is 0 Å². The van der Waals surface area contributed by atoms with E-state index in [0.29, 0.717) is 18.8 Å². The van der Waals surface area contributed by atoms with Gasteiger partial charge in [-0.15, -0.1) is 0 Å². The van der Waals surface area contributed by atoms with E-state index in [4.69, 9.17) is 9.47 Å². The molecule has 0 aromatic heterocycles. The first-order chi connectivity index (χ1) is 16.6. The monoisotopic (exact) mass is 502 g/mol. The zero-order chi connectivity index (χ0) is 25.8. The molecule has 2 aromatic rings. The highest BCUT2D eigenvalue weighted by molar-refractivity contribution is 7.89. The zero-order valence-electron chi connectivity index (χ0n) is 21.7. The minimum atomic E-state index is -3.90. The Bertz CT molecular complexity index is 1150. The highest BCUT2D eigenvalue weighted by Gasteiger charge is 2.26. The van der Waals surface area contributed by atoms with Crippen LogP contribution >= 0.6 is 0 Å². The third-order valence-electron chi connectivity index (χ3n) is 6.64. The predicted molar refractivity (Wildman–Crippen MR) is 138 cm³/mol. The molecular formula is C27H38N2O5S. The van der Waals surface area contributed by atoms with Crippen molar-refractivity contribution in [3.05, 3.63) is 52.6 Å². The molecule has 0 radical (unpaired) electrons. The second kappa shape index (κ2) is 11.4. The van der Waals surface area contributed by atoms with Crippen molar-refractivity contribution in [1.29, 1.82) is 0 Å². The number of likely N-dealkylation sites (tertiary alicyclic amines) is 1. The second-order valence-electron chi connectivity index (χ2n) is 9.52. The molecule has 192 valence electrons. The number of carbonyl (C=O) groups excluding carboxylic acids is 1. The Balaban J connectivity index is 1.92. The summed E-state index contributed by atoms with van der Waals surface area (Å²) in [7, 11) is -0.772. The molecule has 0 aliphatic carbocycles. The number of ether oxygens (including phenoxy) is 2. The van der Waals surface area contributed by atoms with Crippen LogP contribution in [0.15, 0.2) is 35.2 Å². The Morgan fingerprint density at radius 1 is 0.914 bits per heavy atom. The summed E-state index contributed by atoms with van der Waals surface area (Å²) in [5.41, 5.74) is 3.11. The number of methoxy groups -OCH3 is 2. The Morgan fingerprint density at radius 2 is 1.54 bits per heavy atom. The maximum Gasteiger partial charge on any atom is 0.257 e. The standard InChI is InChI=1S/C27H38N2O5S/c1-18(2)22-17-23(19(3)15-26(22)34-6)20(4)28-35(31,32)21-11-12-25(33-5)24(16-21)27(30)29-13-9-7-8-10-14-29/h11-12,15-18,20,28H,7-10,13-14H2,1-6H3. The quantitative estimate of drug-likeness (QED) is 0.537. The second-order valence-corrected chi connectivity index (χ2v) is 11.2. The van der Waals surface area contributed by atoms with Gasteiger partial charge < -0.3 is 14.4 Å². The number of hydrogen-bond acceptors (Lipinski definition) is 5. The van der Waals surface area contributed by atoms with Crippen LogP contribution in [0.1, 0.15) is 85.5 Å². The minimum Gasteiger partial charge on any atom is -0.496 e. The lowest BCUT2D eigenvalue weighted by molar-refractivity contribution is 0.0758. The molecule has 1 unspecified atom stereocenters. The van der Waals surface area contributed by atoms with Crippen LogP contribution in [-0.2, 0) is 10.0 Å². The third kappa shape index (κ3) is 6.16. The molecule has 1 aliphatic heterocycles. The first kappa shape index (κ1) is 27.0. The van der Waals surface area contributed by atoms with Crippen LogP contribution in [0.4, 0.5) is 0 Å². The van der Waals surface area contributed by atoms with E-state index < -0.39 is 16.1 Å². The molecule has 1 fully saturated rings. The van der Waals surface area contributed by atoms with Gasteiger partial charge in [0.15, 0.2) is 0 Å². The molecule has 2 aromatic carbocycles. The van der Waals surface area contributed by atoms with Gasteiger partial charge in [0, 0.05) is 19.1 Å². The van der Waals surface area contributed by atoms with Crippen LogP contribution in [0.5, 0.6) is 11.5 Å². The average Bonchev–Trinajstić information content (AvgIpc) is 3.12. The average molecular weight is 503 g/mol. The Kier molecular flexibility index (Phi) is 8.83. The van der Waals surface area contributed by atoms with Crippen molar-refractivity contribution >= 4 is 15.9 Å². The number of nitrogens with one attached hydrogen (secondary N) is 1. The van der Waals surface area contributed by atoms with E-state index >= 15 is 0 Å². The van der Waals surface area contributed by atoms with Crippen LogP contribution in [0.3, 0.4) is 0 Å². The molecule has 0 saturated carbocycles. The predicted octanol–water partition coefficient (Wildman–Crippen LogP) is 5.19. The van der Waals surface area contributed by atoms with Gasteiger partial charge in [0.1, 0.15) is 11.5 Å². The van der Waals surface area contributed by atoms with E-state index in [1.165, 1.54) is 19.2 Å². The molecule has 1 aliphatic rings. The van der Waals surface area contributed by atoms with Gasteiger partial charge in [0.2, 0.25) is 10.0 Å². The van der Waals surface area contributed by atoms with Crippen molar-refractivity contribution in [3.63, 3.8) is 0 Å². The van der Waals surface area contributed by atoms with Crippen LogP contribution < -0.4 is 14.2 Å². The van der Waals surface area contributed by atoms with Crippen molar-refractivity contribution < 1.29 is 22.7 Å². The fourth-order valence-corrected chi connectivity index (χ4v) is 5.89. The summed E-state index contributed by atoms with van der Waals surface area (Å²) in [4.78, 5) is 15.1. The van der Waals surface area contributed by atoms with E-state index in [-0.39, 0.29) is 22.3 Å². The van der Waals surface area contributed by atoms with E-state index in [1.54, 1.807) is 18.1 Å². The van der Waals surface area contributed by atoms with Crippen LogP contribution in [0.25, 0.3) is 0 Å². The summed E-state index contributed by atoms with van der Waals surface area (Å²) in [6.45, 7) is 9.26. The summed E-state index contributed by atoms with van der Waals surface area (Å²) < 4.78 is 40.5. The molecule has 8 heteroatoms. The van der Waals surface area contributed by atoms with E-state index in [0.717, 1.165) is 48.1 Å². The maximum absolute atomic E-state index is 13.4. The van der Waals surface area contributed by atoms with Crippen molar-refractivity contribution in [2.45, 2.75) is 70.2 Å². The summed E-state index contributed by atoms with van der Waals surface area (Å²) in [5.74, 6) is 1.20. The van der Waals surface area contributed by atoms with Crippen LogP contribution in [-0.4, -0.2) is 46.5 Å². The lowest BCUT2D eigenvalue weighted by atomic mass is 9.94. The van der Waals surface area contributed by atoms with Gasteiger partial charge in [-0.1, -0.05) is 26.7 Å². The fourth-order valence-electron chi connectivity index (χ4n) is 4.64. The Hall–Kier alpha value is -2.58. The largest absolute Gasteiger partial charge is 0.496 e. The molecule has 1 amide bonds. The number of sulfonamides is 1. The van der Waals surface area contributed by atoms with E-state index in [2.05, 4.69) is 18.6 Å². The number of aryl methyl sites for hydroxylation is 1. The minimum absolute atomic E-state index is 0.0403. The Morgan fingerprint density at radius 3 is 2.11 bits per heavy atom. The number of hydrogen-bond donors (Lipinski definition) is 1. The SMILES string of the molecule is COc1ccc(S(=O)(=O)NC(C)c2cc(C(C)C)c(OC)cc2C)cc1C(=O)N1CCCCCC1. The zero-order valence-corrected chi connectivity index (χ0v) is 22.5. The van der Waals surface area contributed by atoms with Gasteiger partial charge in [-0.3, -0.25) is 4.79 Å². The van der Waals surface area contributed by atoms with Crippen LogP contribution in [0.2, 0.25) is 0 Å². The summed E-state index contributed by atoms with van der Waals surface area (Å²) in [6.07, 6.45) is 4.09. The first-order valence-electron chi connectivity index (χ1n) is 12.3. The molecule has 1 saturated heterocycles. The smallest absolute Gasteiger partial charge is 0.257 e. The van der Waals surface area contributed by atoms with Crippen LogP contribution in [0, 0.1) is 6.92 Å². The molecule has 0 bridgehead atoms. The molecule has 3 rings (SSSR count). The summed E-state index contributed by atoms with van der Waals surface area (Å²) in [6, 6.07) is 7.94. The number of nitrogens with zero attached hydrogens (tertiary/aromatic N) is 1. The third-order valence-corrected chi connectivity index (χ3v) is 8.18. The number of rotatable bonds is 8. The Labute approximate surface area is 209 Å². The van der Waals surface area contributed by atoms with Gasteiger partial charge >= 0.3 is 0 Å². The van der Waals surface area contributed by atoms with Crippen molar-refractivity contribution in [1.82, 2.24) is 9.62 Å². The molecule has 0 spiro atoms.